The van der Waals surface area contributed by atoms with E-state index in [0.717, 1.165) is 11.0 Å². The third-order valence-corrected chi connectivity index (χ3v) is 2.15. The van der Waals surface area contributed by atoms with E-state index < -0.39 is 28.3 Å². The number of nitrogens with zero attached hydrogens (tertiary/aromatic N) is 2. The van der Waals surface area contributed by atoms with Gasteiger partial charge in [0.2, 0.25) is 0 Å². The molecule has 0 atom stereocenters. The van der Waals surface area contributed by atoms with E-state index in [0.29, 0.717) is 12.1 Å². The number of carbonyl (C=O) groups is 1. The molecular weight excluding hydrogens is 253 g/mol. The highest BCUT2D eigenvalue weighted by Gasteiger charge is 2.38. The lowest BCUT2D eigenvalue weighted by atomic mass is 10.1. The largest absolute Gasteiger partial charge is 0.422 e. The first kappa shape index (κ1) is 13.9. The molecule has 0 spiro atoms. The van der Waals surface area contributed by atoms with Gasteiger partial charge in [-0.15, -0.1) is 0 Å². The number of benzene rings is 1. The molecule has 5 nitrogen and oxygen atoms in total. The standard InChI is InChI=1S/C10H9F3N2O3/c1-14(2)9(16)6-3-4-7(10(11,12)13)8(5-6)15(17)18/h3-5H,1-2H3. The van der Waals surface area contributed by atoms with Gasteiger partial charge in [-0.3, -0.25) is 14.9 Å². The van der Waals surface area contributed by atoms with Gasteiger partial charge in [0.1, 0.15) is 5.56 Å². The van der Waals surface area contributed by atoms with Crippen molar-refractivity contribution in [3.8, 4) is 0 Å². The Kier molecular flexibility index (Phi) is 3.59. The zero-order valence-corrected chi connectivity index (χ0v) is 9.49. The Bertz CT molecular complexity index is 498. The van der Waals surface area contributed by atoms with Crippen molar-refractivity contribution < 1.29 is 22.9 Å². The van der Waals surface area contributed by atoms with Crippen LogP contribution in [0.3, 0.4) is 0 Å². The highest BCUT2D eigenvalue weighted by Crippen LogP contribution is 2.36. The quantitative estimate of drug-likeness (QED) is 0.607. The van der Waals surface area contributed by atoms with E-state index in [1.54, 1.807) is 0 Å². The molecule has 0 bridgehead atoms. The summed E-state index contributed by atoms with van der Waals surface area (Å²) in [6.45, 7) is 0. The Hall–Kier alpha value is -2.12. The van der Waals surface area contributed by atoms with Crippen LogP contribution in [0.5, 0.6) is 0 Å². The molecule has 1 aromatic rings. The van der Waals surface area contributed by atoms with E-state index in [9.17, 15) is 28.1 Å². The Balaban J connectivity index is 3.37. The van der Waals surface area contributed by atoms with Crippen LogP contribution in [0.15, 0.2) is 18.2 Å². The molecule has 0 N–H and O–H groups in total. The molecule has 1 rings (SSSR count). The second-order valence-electron chi connectivity index (χ2n) is 3.69. The minimum atomic E-state index is -4.83. The van der Waals surface area contributed by atoms with Crippen molar-refractivity contribution in [2.75, 3.05) is 14.1 Å². The van der Waals surface area contributed by atoms with E-state index in [4.69, 9.17) is 0 Å². The first-order valence-corrected chi connectivity index (χ1v) is 4.72. The van der Waals surface area contributed by atoms with Gasteiger partial charge in [-0.2, -0.15) is 13.2 Å². The summed E-state index contributed by atoms with van der Waals surface area (Å²) < 4.78 is 37.5. The van der Waals surface area contributed by atoms with Crippen molar-refractivity contribution in [1.82, 2.24) is 4.90 Å². The van der Waals surface area contributed by atoms with Crippen molar-refractivity contribution in [3.63, 3.8) is 0 Å². The minimum Gasteiger partial charge on any atom is -0.345 e. The fourth-order valence-electron chi connectivity index (χ4n) is 1.31. The van der Waals surface area contributed by atoms with Crippen molar-refractivity contribution in [3.05, 3.63) is 39.4 Å². The lowest BCUT2D eigenvalue weighted by Gasteiger charge is -2.12. The average molecular weight is 262 g/mol. The normalized spacial score (nSPS) is 11.2. The van der Waals surface area contributed by atoms with Gasteiger partial charge in [0.05, 0.1) is 4.92 Å². The molecule has 8 heteroatoms. The third-order valence-electron chi connectivity index (χ3n) is 2.15. The van der Waals surface area contributed by atoms with E-state index in [-0.39, 0.29) is 5.56 Å². The number of halogens is 3. The van der Waals surface area contributed by atoms with Crippen LogP contribution in [0, 0.1) is 10.1 Å². The molecular formula is C10H9F3N2O3. The number of rotatable bonds is 2. The molecule has 0 aromatic heterocycles. The summed E-state index contributed by atoms with van der Waals surface area (Å²) in [6.07, 6.45) is -4.83. The molecule has 1 amide bonds. The number of nitro benzene ring substituents is 1. The number of alkyl halides is 3. The number of carbonyl (C=O) groups excluding carboxylic acids is 1. The number of amides is 1. The lowest BCUT2D eigenvalue weighted by molar-refractivity contribution is -0.388. The predicted molar refractivity (Wildman–Crippen MR) is 56.1 cm³/mol. The molecule has 0 aliphatic heterocycles. The van der Waals surface area contributed by atoms with Crippen LogP contribution >= 0.6 is 0 Å². The maximum absolute atomic E-state index is 12.5. The smallest absolute Gasteiger partial charge is 0.345 e. The summed E-state index contributed by atoms with van der Waals surface area (Å²) in [6, 6.07) is 2.08. The Morgan fingerprint density at radius 2 is 1.89 bits per heavy atom. The van der Waals surface area contributed by atoms with Crippen LogP contribution in [-0.2, 0) is 6.18 Å². The van der Waals surface area contributed by atoms with Crippen LogP contribution in [0.4, 0.5) is 18.9 Å². The van der Waals surface area contributed by atoms with Crippen molar-refractivity contribution >= 4 is 11.6 Å². The molecule has 18 heavy (non-hydrogen) atoms. The SMILES string of the molecule is CN(C)C(=O)c1ccc(C(F)(F)F)c([N+](=O)[O-])c1. The average Bonchev–Trinajstić information content (AvgIpc) is 2.25. The predicted octanol–water partition coefficient (Wildman–Crippen LogP) is 2.32. The monoisotopic (exact) mass is 262 g/mol. The number of hydrogen-bond acceptors (Lipinski definition) is 3. The Morgan fingerprint density at radius 3 is 2.28 bits per heavy atom. The van der Waals surface area contributed by atoms with Crippen LogP contribution in [0.1, 0.15) is 15.9 Å². The summed E-state index contributed by atoms with van der Waals surface area (Å²) in [4.78, 5) is 22.1. The fraction of sp³-hybridized carbons (Fsp3) is 0.300. The zero-order chi connectivity index (χ0) is 14.1. The van der Waals surface area contributed by atoms with Gasteiger partial charge in [0.25, 0.3) is 11.6 Å². The van der Waals surface area contributed by atoms with Gasteiger partial charge in [-0.25, -0.2) is 0 Å². The maximum atomic E-state index is 12.5. The van der Waals surface area contributed by atoms with Crippen molar-refractivity contribution in [2.24, 2.45) is 0 Å². The van der Waals surface area contributed by atoms with Gasteiger partial charge in [0, 0.05) is 25.7 Å². The number of hydrogen-bond donors (Lipinski definition) is 0. The molecule has 0 radical (unpaired) electrons. The van der Waals surface area contributed by atoms with Crippen LogP contribution < -0.4 is 0 Å². The second kappa shape index (κ2) is 4.63. The fourth-order valence-corrected chi connectivity index (χ4v) is 1.31. The summed E-state index contributed by atoms with van der Waals surface area (Å²) in [7, 11) is 2.79. The van der Waals surface area contributed by atoms with Crippen LogP contribution in [0.2, 0.25) is 0 Å². The van der Waals surface area contributed by atoms with E-state index in [2.05, 4.69) is 0 Å². The van der Waals surface area contributed by atoms with E-state index in [1.165, 1.54) is 14.1 Å². The highest BCUT2D eigenvalue weighted by molar-refractivity contribution is 5.94. The van der Waals surface area contributed by atoms with E-state index in [1.807, 2.05) is 0 Å². The maximum Gasteiger partial charge on any atom is 0.422 e. The highest BCUT2D eigenvalue weighted by atomic mass is 19.4. The molecule has 0 aliphatic rings. The van der Waals surface area contributed by atoms with Crippen LogP contribution in [0.25, 0.3) is 0 Å². The first-order chi connectivity index (χ1) is 8.14. The van der Waals surface area contributed by atoms with Gasteiger partial charge in [0.15, 0.2) is 0 Å². The molecule has 98 valence electrons. The number of nitro groups is 1. The van der Waals surface area contributed by atoms with Gasteiger partial charge in [-0.05, 0) is 12.1 Å². The van der Waals surface area contributed by atoms with Crippen LogP contribution in [-0.4, -0.2) is 29.8 Å². The molecule has 0 unspecified atom stereocenters. The molecule has 0 heterocycles. The minimum absolute atomic E-state index is 0.167. The lowest BCUT2D eigenvalue weighted by Crippen LogP contribution is -2.22. The first-order valence-electron chi connectivity index (χ1n) is 4.72. The summed E-state index contributed by atoms with van der Waals surface area (Å²) in [5.74, 6) is -0.605. The summed E-state index contributed by atoms with van der Waals surface area (Å²) in [5.41, 5.74) is -2.67. The Labute approximate surface area is 100.0 Å². The third kappa shape index (κ3) is 2.76. The molecule has 0 saturated heterocycles. The topological polar surface area (TPSA) is 63.5 Å². The molecule has 1 aromatic carbocycles. The van der Waals surface area contributed by atoms with E-state index >= 15 is 0 Å². The van der Waals surface area contributed by atoms with Gasteiger partial charge < -0.3 is 4.90 Å². The van der Waals surface area contributed by atoms with Gasteiger partial charge >= 0.3 is 6.18 Å². The summed E-state index contributed by atoms with van der Waals surface area (Å²) >= 11 is 0. The molecule has 0 fully saturated rings. The molecule has 0 aliphatic carbocycles. The Morgan fingerprint density at radius 1 is 1.33 bits per heavy atom. The van der Waals surface area contributed by atoms with Crippen molar-refractivity contribution in [2.45, 2.75) is 6.18 Å². The second-order valence-corrected chi connectivity index (χ2v) is 3.69. The van der Waals surface area contributed by atoms with Gasteiger partial charge in [-0.1, -0.05) is 0 Å². The van der Waals surface area contributed by atoms with Crippen molar-refractivity contribution in [1.29, 1.82) is 0 Å². The zero-order valence-electron chi connectivity index (χ0n) is 9.49. The summed E-state index contributed by atoms with van der Waals surface area (Å²) in [5, 5.41) is 10.6. The molecule has 0 saturated carbocycles.